The summed E-state index contributed by atoms with van der Waals surface area (Å²) in [7, 11) is -2.20. The normalized spacial score (nSPS) is 14.2. The van der Waals surface area contributed by atoms with Crippen molar-refractivity contribution in [3.05, 3.63) is 64.1 Å². The Morgan fingerprint density at radius 1 is 1.26 bits per heavy atom. The molecule has 1 unspecified atom stereocenters. The number of pyridine rings is 1. The van der Waals surface area contributed by atoms with Gasteiger partial charge in [0.2, 0.25) is 10.0 Å². The van der Waals surface area contributed by atoms with Gasteiger partial charge < -0.3 is 9.72 Å². The van der Waals surface area contributed by atoms with E-state index in [9.17, 15) is 13.2 Å². The molecule has 0 aliphatic carbocycles. The zero-order chi connectivity index (χ0) is 17.1. The van der Waals surface area contributed by atoms with E-state index in [0.717, 1.165) is 5.56 Å². The lowest BCUT2D eigenvalue weighted by molar-refractivity contribution is 0.0223. The number of hydrogen-bond donors (Lipinski definition) is 2. The van der Waals surface area contributed by atoms with Crippen molar-refractivity contribution in [3.8, 4) is 0 Å². The molecule has 0 saturated heterocycles. The van der Waals surface area contributed by atoms with Gasteiger partial charge in [0, 0.05) is 18.9 Å². The largest absolute Gasteiger partial charge is 0.373 e. The first kappa shape index (κ1) is 17.2. The van der Waals surface area contributed by atoms with E-state index in [-0.39, 0.29) is 11.3 Å². The number of H-pyrrole nitrogens is 1. The minimum Gasteiger partial charge on any atom is -0.373 e. The standard InChI is InChI=1S/C16H20N2O4S/c1-12-9-14(10-17-15(12)19)18-23(20,21)11-16(2,22-3)13-7-5-4-6-8-13/h4-10,18H,11H2,1-3H3,(H,17,19). The highest BCUT2D eigenvalue weighted by molar-refractivity contribution is 7.92. The summed E-state index contributed by atoms with van der Waals surface area (Å²) in [5, 5.41) is 0. The van der Waals surface area contributed by atoms with Gasteiger partial charge in [0.1, 0.15) is 11.4 Å². The van der Waals surface area contributed by atoms with Crippen LogP contribution in [-0.2, 0) is 20.4 Å². The molecule has 0 saturated carbocycles. The van der Waals surface area contributed by atoms with Crippen molar-refractivity contribution in [1.29, 1.82) is 0 Å². The second-order valence-corrected chi connectivity index (χ2v) is 7.28. The molecule has 1 aromatic carbocycles. The predicted octanol–water partition coefficient (Wildman–Crippen LogP) is 1.99. The number of nitrogens with one attached hydrogen (secondary N) is 2. The molecule has 7 heteroatoms. The average Bonchev–Trinajstić information content (AvgIpc) is 2.51. The molecule has 1 aromatic heterocycles. The average molecular weight is 336 g/mol. The van der Waals surface area contributed by atoms with E-state index in [0.29, 0.717) is 11.3 Å². The molecule has 2 aromatic rings. The van der Waals surface area contributed by atoms with E-state index in [1.54, 1.807) is 13.8 Å². The summed E-state index contributed by atoms with van der Waals surface area (Å²) in [6, 6.07) is 10.7. The Kier molecular flexibility index (Phi) is 4.91. The zero-order valence-electron chi connectivity index (χ0n) is 13.3. The minimum atomic E-state index is -3.68. The van der Waals surface area contributed by atoms with Gasteiger partial charge in [-0.25, -0.2) is 8.42 Å². The molecule has 1 atom stereocenters. The van der Waals surface area contributed by atoms with Gasteiger partial charge in [0.05, 0.1) is 5.69 Å². The van der Waals surface area contributed by atoms with Crippen molar-refractivity contribution in [1.82, 2.24) is 4.98 Å². The molecule has 1 heterocycles. The molecular formula is C16H20N2O4S. The van der Waals surface area contributed by atoms with Crippen LogP contribution in [0.5, 0.6) is 0 Å². The highest BCUT2D eigenvalue weighted by atomic mass is 32.2. The van der Waals surface area contributed by atoms with Crippen molar-refractivity contribution in [2.75, 3.05) is 17.6 Å². The minimum absolute atomic E-state index is 0.251. The molecule has 2 rings (SSSR count). The van der Waals surface area contributed by atoms with E-state index < -0.39 is 15.6 Å². The monoisotopic (exact) mass is 336 g/mol. The van der Waals surface area contributed by atoms with Crippen LogP contribution in [0.4, 0.5) is 5.69 Å². The fraction of sp³-hybridized carbons (Fsp3) is 0.312. The van der Waals surface area contributed by atoms with Crippen LogP contribution < -0.4 is 10.3 Å². The van der Waals surface area contributed by atoms with E-state index >= 15 is 0 Å². The molecule has 124 valence electrons. The maximum Gasteiger partial charge on any atom is 0.250 e. The topological polar surface area (TPSA) is 88.3 Å². The molecule has 0 radical (unpaired) electrons. The number of aromatic amines is 1. The van der Waals surface area contributed by atoms with Gasteiger partial charge in [0.15, 0.2) is 0 Å². The van der Waals surface area contributed by atoms with Crippen LogP contribution in [0.25, 0.3) is 0 Å². The Labute approximate surface area is 135 Å². The van der Waals surface area contributed by atoms with Crippen molar-refractivity contribution >= 4 is 15.7 Å². The number of aromatic nitrogens is 1. The van der Waals surface area contributed by atoms with Gasteiger partial charge in [0.25, 0.3) is 5.56 Å². The summed E-state index contributed by atoms with van der Waals surface area (Å²) >= 11 is 0. The van der Waals surface area contributed by atoms with Gasteiger partial charge in [-0.3, -0.25) is 9.52 Å². The summed E-state index contributed by atoms with van der Waals surface area (Å²) < 4.78 is 32.9. The smallest absolute Gasteiger partial charge is 0.250 e. The van der Waals surface area contributed by atoms with Crippen LogP contribution >= 0.6 is 0 Å². The maximum atomic E-state index is 12.5. The lowest BCUT2D eigenvalue weighted by Crippen LogP contribution is -2.36. The fourth-order valence-corrected chi connectivity index (χ4v) is 3.84. The van der Waals surface area contributed by atoms with Crippen molar-refractivity contribution in [2.24, 2.45) is 0 Å². The Morgan fingerprint density at radius 3 is 2.48 bits per heavy atom. The summed E-state index contributed by atoms with van der Waals surface area (Å²) in [4.78, 5) is 13.8. The SMILES string of the molecule is COC(C)(CS(=O)(=O)Nc1c[nH]c(=O)c(C)c1)c1ccccc1. The quantitative estimate of drug-likeness (QED) is 0.844. The second-order valence-electron chi connectivity index (χ2n) is 5.56. The number of hydrogen-bond acceptors (Lipinski definition) is 4. The molecule has 0 amide bonds. The summed E-state index contributed by atoms with van der Waals surface area (Å²) in [6.45, 7) is 3.33. The van der Waals surface area contributed by atoms with E-state index in [2.05, 4.69) is 9.71 Å². The maximum absolute atomic E-state index is 12.5. The highest BCUT2D eigenvalue weighted by Crippen LogP contribution is 2.27. The molecular weight excluding hydrogens is 316 g/mol. The van der Waals surface area contributed by atoms with E-state index in [4.69, 9.17) is 4.74 Å². The Balaban J connectivity index is 2.25. The molecule has 23 heavy (non-hydrogen) atoms. The number of sulfonamides is 1. The number of rotatable bonds is 6. The summed E-state index contributed by atoms with van der Waals surface area (Å²) in [6.07, 6.45) is 1.33. The molecule has 0 spiro atoms. The van der Waals surface area contributed by atoms with Crippen molar-refractivity contribution in [2.45, 2.75) is 19.4 Å². The fourth-order valence-electron chi connectivity index (χ4n) is 2.29. The third-order valence-electron chi connectivity index (χ3n) is 3.66. The predicted molar refractivity (Wildman–Crippen MR) is 90.0 cm³/mol. The number of ether oxygens (including phenoxy) is 1. The Morgan fingerprint density at radius 2 is 1.91 bits per heavy atom. The Hall–Kier alpha value is -2.12. The van der Waals surface area contributed by atoms with Crippen molar-refractivity contribution in [3.63, 3.8) is 0 Å². The van der Waals surface area contributed by atoms with Crippen molar-refractivity contribution < 1.29 is 13.2 Å². The number of benzene rings is 1. The molecule has 2 N–H and O–H groups in total. The van der Waals surface area contributed by atoms with Crippen LogP contribution in [0.2, 0.25) is 0 Å². The summed E-state index contributed by atoms with van der Waals surface area (Å²) in [5.41, 5.74) is 0.283. The zero-order valence-corrected chi connectivity index (χ0v) is 14.1. The van der Waals surface area contributed by atoms with Gasteiger partial charge in [-0.05, 0) is 25.5 Å². The molecule has 0 bridgehead atoms. The lowest BCUT2D eigenvalue weighted by Gasteiger charge is -2.28. The number of anilines is 1. The van der Waals surface area contributed by atoms with Gasteiger partial charge in [-0.15, -0.1) is 0 Å². The number of methoxy groups -OCH3 is 1. The lowest BCUT2D eigenvalue weighted by atomic mass is 9.98. The Bertz CT molecular complexity index is 831. The van der Waals surface area contributed by atoms with E-state index in [1.165, 1.54) is 19.4 Å². The van der Waals surface area contributed by atoms with Gasteiger partial charge in [-0.2, -0.15) is 0 Å². The first-order valence-electron chi connectivity index (χ1n) is 7.06. The molecule has 0 aliphatic heterocycles. The first-order valence-corrected chi connectivity index (χ1v) is 8.71. The highest BCUT2D eigenvalue weighted by Gasteiger charge is 2.32. The van der Waals surface area contributed by atoms with E-state index in [1.807, 2.05) is 30.3 Å². The first-order chi connectivity index (χ1) is 10.8. The molecule has 6 nitrogen and oxygen atoms in total. The van der Waals surface area contributed by atoms with Gasteiger partial charge in [-0.1, -0.05) is 30.3 Å². The second kappa shape index (κ2) is 6.55. The van der Waals surface area contributed by atoms with Crippen LogP contribution in [0.15, 0.2) is 47.4 Å². The molecule has 0 aliphatic rings. The third kappa shape index (κ3) is 4.20. The van der Waals surface area contributed by atoms with Crippen LogP contribution in [0.1, 0.15) is 18.1 Å². The van der Waals surface area contributed by atoms with Crippen LogP contribution in [-0.4, -0.2) is 26.3 Å². The van der Waals surface area contributed by atoms with Crippen LogP contribution in [0.3, 0.4) is 0 Å². The van der Waals surface area contributed by atoms with Gasteiger partial charge >= 0.3 is 0 Å². The third-order valence-corrected chi connectivity index (χ3v) is 5.14. The summed E-state index contributed by atoms with van der Waals surface area (Å²) in [5.74, 6) is -0.251. The van der Waals surface area contributed by atoms with Crippen LogP contribution in [0, 0.1) is 6.92 Å². The molecule has 0 fully saturated rings. The number of aryl methyl sites for hydroxylation is 1.